The van der Waals surface area contributed by atoms with Crippen LogP contribution in [-0.4, -0.2) is 25.2 Å². The summed E-state index contributed by atoms with van der Waals surface area (Å²) in [6.45, 7) is -0.403. The number of nitrogens with one attached hydrogen (secondary N) is 1. The van der Waals surface area contributed by atoms with E-state index >= 15 is 0 Å². The first-order valence-electron chi connectivity index (χ1n) is 11.1. The number of amides is 1. The molecule has 0 heterocycles. The van der Waals surface area contributed by atoms with E-state index in [0.29, 0.717) is 0 Å². The van der Waals surface area contributed by atoms with Crippen LogP contribution in [-0.2, 0) is 21.4 Å². The second-order valence-corrected chi connectivity index (χ2v) is 9.97. The summed E-state index contributed by atoms with van der Waals surface area (Å²) in [5.41, 5.74) is 2.49. The molecule has 0 aliphatic carbocycles. The predicted octanol–water partition coefficient (Wildman–Crippen LogP) is 4.92. The molecule has 1 amide bonds. The zero-order chi connectivity index (χ0) is 24.7. The largest absolute Gasteiger partial charge is 0.344 e. The molecule has 0 fully saturated rings. The molecule has 0 spiro atoms. The molecule has 4 aromatic carbocycles. The fourth-order valence-corrected chi connectivity index (χ4v) is 5.17. The van der Waals surface area contributed by atoms with Gasteiger partial charge in [0, 0.05) is 6.54 Å². The Balaban J connectivity index is 1.62. The molecule has 0 atom stereocenters. The first-order chi connectivity index (χ1) is 16.9. The lowest BCUT2D eigenvalue weighted by atomic mass is 9.99. The van der Waals surface area contributed by atoms with E-state index in [1.54, 1.807) is 24.3 Å². The van der Waals surface area contributed by atoms with Crippen LogP contribution in [0.5, 0.6) is 0 Å². The van der Waals surface area contributed by atoms with E-state index in [9.17, 15) is 17.6 Å². The Hall–Kier alpha value is -3.81. The van der Waals surface area contributed by atoms with Gasteiger partial charge in [0.05, 0.1) is 17.5 Å². The third-order valence-electron chi connectivity index (χ3n) is 5.54. The van der Waals surface area contributed by atoms with Crippen LogP contribution in [0.1, 0.15) is 22.7 Å². The molecule has 0 aliphatic heterocycles. The number of sulfonamides is 1. The highest BCUT2D eigenvalue weighted by Crippen LogP contribution is 2.23. The third-order valence-corrected chi connectivity index (χ3v) is 7.35. The van der Waals surface area contributed by atoms with Crippen LogP contribution < -0.4 is 5.32 Å². The van der Waals surface area contributed by atoms with Crippen molar-refractivity contribution in [1.29, 1.82) is 0 Å². The predicted molar refractivity (Wildman–Crippen MR) is 133 cm³/mol. The van der Waals surface area contributed by atoms with Gasteiger partial charge in [-0.3, -0.25) is 4.79 Å². The lowest BCUT2D eigenvalue weighted by Gasteiger charge is -2.25. The van der Waals surface area contributed by atoms with Crippen LogP contribution in [0, 0.1) is 5.82 Å². The van der Waals surface area contributed by atoms with Crippen LogP contribution in [0.15, 0.2) is 120 Å². The maximum atomic E-state index is 13.4. The summed E-state index contributed by atoms with van der Waals surface area (Å²) in [5, 5.41) is 2.99. The van der Waals surface area contributed by atoms with Crippen molar-refractivity contribution in [2.75, 3.05) is 6.54 Å². The second kappa shape index (κ2) is 11.1. The van der Waals surface area contributed by atoms with Gasteiger partial charge in [0.25, 0.3) is 0 Å². The lowest BCUT2D eigenvalue weighted by Crippen LogP contribution is -2.41. The summed E-state index contributed by atoms with van der Waals surface area (Å²) >= 11 is 0. The molecule has 4 aromatic rings. The SMILES string of the molecule is O=C(CN(Cc1ccccc1)S(=O)(=O)c1ccc(F)cc1)NC(c1ccccc1)c1ccccc1. The van der Waals surface area contributed by atoms with Gasteiger partial charge in [-0.1, -0.05) is 91.0 Å². The Morgan fingerprint density at radius 2 is 1.23 bits per heavy atom. The van der Waals surface area contributed by atoms with E-state index < -0.39 is 34.3 Å². The standard InChI is InChI=1S/C28H25FN2O3S/c29-25-16-18-26(19-17-25)35(33,34)31(20-22-10-4-1-5-11-22)21-27(32)30-28(23-12-6-2-7-13-23)24-14-8-3-9-15-24/h1-19,28H,20-21H2,(H,30,32). The molecule has 0 saturated heterocycles. The highest BCUT2D eigenvalue weighted by atomic mass is 32.2. The number of halogens is 1. The Kier molecular flexibility index (Phi) is 7.70. The molecule has 0 aliphatic rings. The summed E-state index contributed by atoms with van der Waals surface area (Å²) in [4.78, 5) is 13.2. The zero-order valence-electron chi connectivity index (χ0n) is 18.9. The zero-order valence-corrected chi connectivity index (χ0v) is 19.7. The summed E-state index contributed by atoms with van der Waals surface area (Å²) in [7, 11) is -4.07. The fraction of sp³-hybridized carbons (Fsp3) is 0.107. The van der Waals surface area contributed by atoms with Crippen molar-refractivity contribution in [3.63, 3.8) is 0 Å². The minimum absolute atomic E-state index is 0.00465. The van der Waals surface area contributed by atoms with Gasteiger partial charge in [-0.2, -0.15) is 4.31 Å². The number of hydrogen-bond acceptors (Lipinski definition) is 3. The van der Waals surface area contributed by atoms with Crippen LogP contribution in [0.4, 0.5) is 4.39 Å². The number of rotatable bonds is 9. The van der Waals surface area contributed by atoms with Crippen LogP contribution in [0.25, 0.3) is 0 Å². The van der Waals surface area contributed by atoms with E-state index in [2.05, 4.69) is 5.32 Å². The molecule has 1 N–H and O–H groups in total. The Morgan fingerprint density at radius 3 is 1.74 bits per heavy atom. The van der Waals surface area contributed by atoms with Crippen LogP contribution in [0.3, 0.4) is 0 Å². The van der Waals surface area contributed by atoms with Crippen LogP contribution in [0.2, 0.25) is 0 Å². The molecule has 35 heavy (non-hydrogen) atoms. The first-order valence-corrected chi connectivity index (χ1v) is 12.6. The molecule has 0 aromatic heterocycles. The average Bonchev–Trinajstić information content (AvgIpc) is 2.89. The van der Waals surface area contributed by atoms with E-state index in [1.807, 2.05) is 66.7 Å². The van der Waals surface area contributed by atoms with Gasteiger partial charge in [0.15, 0.2) is 0 Å². The number of benzene rings is 4. The molecule has 4 rings (SSSR count). The van der Waals surface area contributed by atoms with Crippen molar-refractivity contribution in [3.05, 3.63) is 138 Å². The quantitative estimate of drug-likeness (QED) is 0.364. The third kappa shape index (κ3) is 6.20. The molecular weight excluding hydrogens is 463 g/mol. The van der Waals surface area contributed by atoms with Gasteiger partial charge in [-0.05, 0) is 41.0 Å². The van der Waals surface area contributed by atoms with E-state index in [4.69, 9.17) is 0 Å². The van der Waals surface area contributed by atoms with Gasteiger partial charge in [-0.15, -0.1) is 0 Å². The monoisotopic (exact) mass is 488 g/mol. The maximum absolute atomic E-state index is 13.4. The Labute approximate surface area is 204 Å². The van der Waals surface area contributed by atoms with Crippen molar-refractivity contribution in [2.45, 2.75) is 17.5 Å². The van der Waals surface area contributed by atoms with Gasteiger partial charge >= 0.3 is 0 Å². The fourth-order valence-electron chi connectivity index (χ4n) is 3.79. The van der Waals surface area contributed by atoms with Gasteiger partial charge in [0.1, 0.15) is 5.82 Å². The van der Waals surface area contributed by atoms with E-state index in [0.717, 1.165) is 33.1 Å². The highest BCUT2D eigenvalue weighted by Gasteiger charge is 2.28. The van der Waals surface area contributed by atoms with Gasteiger partial charge in [-0.25, -0.2) is 12.8 Å². The minimum atomic E-state index is -4.07. The van der Waals surface area contributed by atoms with Crippen molar-refractivity contribution < 1.29 is 17.6 Å². The highest BCUT2D eigenvalue weighted by molar-refractivity contribution is 7.89. The number of hydrogen-bond donors (Lipinski definition) is 1. The Bertz CT molecular complexity index is 1310. The lowest BCUT2D eigenvalue weighted by molar-refractivity contribution is -0.121. The topological polar surface area (TPSA) is 66.5 Å². The van der Waals surface area contributed by atoms with E-state index in [1.165, 1.54) is 12.1 Å². The summed E-state index contributed by atoms with van der Waals surface area (Å²) in [5.74, 6) is -0.991. The molecule has 0 saturated carbocycles. The van der Waals surface area contributed by atoms with Crippen LogP contribution >= 0.6 is 0 Å². The average molecular weight is 489 g/mol. The second-order valence-electron chi connectivity index (χ2n) is 8.03. The number of carbonyl (C=O) groups excluding carboxylic acids is 1. The Morgan fingerprint density at radius 1 is 0.743 bits per heavy atom. The van der Waals surface area contributed by atoms with E-state index in [-0.39, 0.29) is 11.4 Å². The van der Waals surface area contributed by atoms with Crippen molar-refractivity contribution in [3.8, 4) is 0 Å². The van der Waals surface area contributed by atoms with Crippen molar-refractivity contribution in [2.24, 2.45) is 0 Å². The molecule has 178 valence electrons. The number of carbonyl (C=O) groups is 1. The summed E-state index contributed by atoms with van der Waals surface area (Å²) in [6, 6.07) is 32.2. The molecular formula is C28H25FN2O3S. The van der Waals surface area contributed by atoms with Crippen molar-refractivity contribution >= 4 is 15.9 Å². The van der Waals surface area contributed by atoms with Crippen molar-refractivity contribution in [1.82, 2.24) is 9.62 Å². The van der Waals surface area contributed by atoms with Gasteiger partial charge < -0.3 is 5.32 Å². The smallest absolute Gasteiger partial charge is 0.243 e. The molecule has 0 radical (unpaired) electrons. The normalized spacial score (nSPS) is 11.5. The number of nitrogens with zero attached hydrogens (tertiary/aromatic N) is 1. The molecule has 7 heteroatoms. The molecule has 0 unspecified atom stereocenters. The summed E-state index contributed by atoms with van der Waals surface area (Å²) < 4.78 is 41.4. The minimum Gasteiger partial charge on any atom is -0.344 e. The van der Waals surface area contributed by atoms with Gasteiger partial charge in [0.2, 0.25) is 15.9 Å². The summed E-state index contributed by atoms with van der Waals surface area (Å²) in [6.07, 6.45) is 0. The maximum Gasteiger partial charge on any atom is 0.243 e. The molecule has 5 nitrogen and oxygen atoms in total. The first kappa shape index (κ1) is 24.3. The molecule has 0 bridgehead atoms.